The third-order valence-corrected chi connectivity index (χ3v) is 9.19. The van der Waals surface area contributed by atoms with Gasteiger partial charge in [0.05, 0.1) is 6.61 Å². The van der Waals surface area contributed by atoms with Crippen molar-refractivity contribution in [3.63, 3.8) is 0 Å². The minimum Gasteiger partial charge on any atom is -0.493 e. The Labute approximate surface area is 222 Å². The maximum absolute atomic E-state index is 12.3. The lowest BCUT2D eigenvalue weighted by molar-refractivity contribution is -0.121. The van der Waals surface area contributed by atoms with Gasteiger partial charge in [0.1, 0.15) is 11.8 Å². The lowest BCUT2D eigenvalue weighted by Gasteiger charge is -2.26. The molecule has 2 N–H and O–H groups in total. The Kier molecular flexibility index (Phi) is 12.7. The summed E-state index contributed by atoms with van der Waals surface area (Å²) >= 11 is 1.87. The Morgan fingerprint density at radius 3 is 2.14 bits per heavy atom. The van der Waals surface area contributed by atoms with Crippen LogP contribution < -0.4 is 10.6 Å². The number of hydrogen-bond donors (Lipinski definition) is 2. The summed E-state index contributed by atoms with van der Waals surface area (Å²) in [5.74, 6) is 1.50. The maximum atomic E-state index is 12.3. The molecule has 3 amide bonds. The molecule has 0 spiro atoms. The summed E-state index contributed by atoms with van der Waals surface area (Å²) in [5.41, 5.74) is 0. The van der Waals surface area contributed by atoms with Crippen LogP contribution in [0.25, 0.3) is 0 Å². The number of nitrogens with one attached hydrogen (secondary N) is 2. The van der Waals surface area contributed by atoms with E-state index in [1.165, 1.54) is 64.2 Å². The van der Waals surface area contributed by atoms with Crippen molar-refractivity contribution in [3.8, 4) is 0 Å². The number of hydrogen-bond acceptors (Lipinski definition) is 4. The minimum atomic E-state index is -0.384. The van der Waals surface area contributed by atoms with Gasteiger partial charge in [0, 0.05) is 10.2 Å². The Morgan fingerprint density at radius 1 is 0.833 bits per heavy atom. The van der Waals surface area contributed by atoms with Crippen molar-refractivity contribution >= 4 is 23.7 Å². The van der Waals surface area contributed by atoms with E-state index in [0.717, 1.165) is 49.4 Å². The molecule has 0 aromatic rings. The standard InChI is InChI=1S/C30H46N2O3S/c1-3-25(35-22-23-14-10-6-5-7-11-15-23)19-21-26(4-2)36-27-17-13-9-8-12-16-24(18-20-27)28-29(33)32-30(34)31-28/h3-4,19,21,23-24,27-28H,1-2,5-18,20,22H2,(H2,31,32,33,34)/b25-19+,26-21+. The van der Waals surface area contributed by atoms with Gasteiger partial charge in [0.15, 0.2) is 0 Å². The molecule has 2 aliphatic carbocycles. The van der Waals surface area contributed by atoms with Crippen molar-refractivity contribution in [1.82, 2.24) is 10.6 Å². The molecule has 5 nitrogen and oxygen atoms in total. The topological polar surface area (TPSA) is 67.4 Å². The van der Waals surface area contributed by atoms with Gasteiger partial charge >= 0.3 is 6.03 Å². The SMILES string of the molecule is C=C/C(=C\C=C(/C=C)SC1CCCCCCC(C2NC(=O)NC2=O)CC1)OCC1CCCCCCC1. The van der Waals surface area contributed by atoms with Gasteiger partial charge < -0.3 is 10.1 Å². The van der Waals surface area contributed by atoms with E-state index in [2.05, 4.69) is 29.9 Å². The molecule has 0 aromatic carbocycles. The van der Waals surface area contributed by atoms with Gasteiger partial charge in [0.25, 0.3) is 5.91 Å². The molecule has 1 heterocycles. The van der Waals surface area contributed by atoms with Crippen LogP contribution in [0.3, 0.4) is 0 Å². The highest BCUT2D eigenvalue weighted by Crippen LogP contribution is 2.34. The molecule has 3 atom stereocenters. The van der Waals surface area contributed by atoms with E-state index in [4.69, 9.17) is 4.74 Å². The van der Waals surface area contributed by atoms with E-state index < -0.39 is 0 Å². The predicted molar refractivity (Wildman–Crippen MR) is 151 cm³/mol. The van der Waals surface area contributed by atoms with E-state index in [1.807, 2.05) is 23.9 Å². The molecule has 6 heteroatoms. The van der Waals surface area contributed by atoms with Gasteiger partial charge in [-0.2, -0.15) is 0 Å². The fraction of sp³-hybridized carbons (Fsp3) is 0.667. The summed E-state index contributed by atoms with van der Waals surface area (Å²) in [6, 6.07) is -0.739. The minimum absolute atomic E-state index is 0.167. The van der Waals surface area contributed by atoms with Crippen LogP contribution in [-0.4, -0.2) is 29.8 Å². The van der Waals surface area contributed by atoms with E-state index >= 15 is 0 Å². The molecule has 3 fully saturated rings. The molecule has 0 radical (unpaired) electrons. The van der Waals surface area contributed by atoms with Gasteiger partial charge in [-0.15, -0.1) is 11.8 Å². The smallest absolute Gasteiger partial charge is 0.322 e. The number of thioether (sulfide) groups is 1. The quantitative estimate of drug-likeness (QED) is 0.189. The Balaban J connectivity index is 1.56. The number of urea groups is 1. The van der Waals surface area contributed by atoms with E-state index in [9.17, 15) is 9.59 Å². The summed E-state index contributed by atoms with van der Waals surface area (Å²) in [6.07, 6.45) is 26.0. The third kappa shape index (κ3) is 9.84. The predicted octanol–water partition coefficient (Wildman–Crippen LogP) is 7.56. The van der Waals surface area contributed by atoms with Gasteiger partial charge in [-0.05, 0) is 68.6 Å². The van der Waals surface area contributed by atoms with Crippen molar-refractivity contribution < 1.29 is 14.3 Å². The van der Waals surface area contributed by atoms with Gasteiger partial charge in [-0.3, -0.25) is 10.1 Å². The van der Waals surface area contributed by atoms with Gasteiger partial charge in [-0.1, -0.05) is 77.0 Å². The number of carbonyl (C=O) groups is 2. The van der Waals surface area contributed by atoms with Crippen molar-refractivity contribution in [2.45, 2.75) is 108 Å². The average Bonchev–Trinajstić information content (AvgIpc) is 3.20. The highest BCUT2D eigenvalue weighted by atomic mass is 32.2. The first-order chi connectivity index (χ1) is 17.6. The van der Waals surface area contributed by atoms with Gasteiger partial charge in [-0.25, -0.2) is 4.79 Å². The normalized spacial score (nSPS) is 27.8. The molecule has 1 aliphatic heterocycles. The molecule has 200 valence electrons. The number of allylic oxidation sites excluding steroid dienone is 4. The first-order valence-corrected chi connectivity index (χ1v) is 15.0. The summed E-state index contributed by atoms with van der Waals surface area (Å²) in [5, 5.41) is 5.71. The molecule has 0 bridgehead atoms. The van der Waals surface area contributed by atoms with Crippen molar-refractivity contribution in [3.05, 3.63) is 48.1 Å². The van der Waals surface area contributed by atoms with Gasteiger partial charge in [0.2, 0.25) is 0 Å². The van der Waals surface area contributed by atoms with Crippen LogP contribution in [0.15, 0.2) is 48.1 Å². The van der Waals surface area contributed by atoms with Crippen LogP contribution in [0.1, 0.15) is 96.3 Å². The zero-order chi connectivity index (χ0) is 25.6. The summed E-state index contributed by atoms with van der Waals surface area (Å²) in [7, 11) is 0. The van der Waals surface area contributed by atoms with Crippen molar-refractivity contribution in [2.24, 2.45) is 11.8 Å². The molecule has 0 aromatic heterocycles. The zero-order valence-electron chi connectivity index (χ0n) is 22.0. The van der Waals surface area contributed by atoms with E-state index in [-0.39, 0.29) is 23.9 Å². The molecule has 3 unspecified atom stereocenters. The fourth-order valence-corrected chi connectivity index (χ4v) is 6.81. The molecule has 36 heavy (non-hydrogen) atoms. The van der Waals surface area contributed by atoms with Crippen molar-refractivity contribution in [1.29, 1.82) is 0 Å². The van der Waals surface area contributed by atoms with Crippen molar-refractivity contribution in [2.75, 3.05) is 6.61 Å². The summed E-state index contributed by atoms with van der Waals surface area (Å²) < 4.78 is 6.15. The largest absolute Gasteiger partial charge is 0.493 e. The highest BCUT2D eigenvalue weighted by molar-refractivity contribution is 8.03. The Bertz CT molecular complexity index is 798. The van der Waals surface area contributed by atoms with Crippen LogP contribution in [0.2, 0.25) is 0 Å². The maximum Gasteiger partial charge on any atom is 0.322 e. The third-order valence-electron chi connectivity index (χ3n) is 7.82. The number of amides is 3. The first-order valence-electron chi connectivity index (χ1n) is 14.2. The molecular weight excluding hydrogens is 468 g/mol. The lowest BCUT2D eigenvalue weighted by Crippen LogP contribution is -2.37. The van der Waals surface area contributed by atoms with Crippen LogP contribution in [-0.2, 0) is 9.53 Å². The zero-order valence-corrected chi connectivity index (χ0v) is 22.8. The molecule has 3 rings (SSSR count). The average molecular weight is 515 g/mol. The molecule has 2 saturated carbocycles. The Morgan fingerprint density at radius 2 is 1.50 bits per heavy atom. The van der Waals surface area contributed by atoms with E-state index in [0.29, 0.717) is 11.2 Å². The number of ether oxygens (including phenoxy) is 1. The summed E-state index contributed by atoms with van der Waals surface area (Å²) in [4.78, 5) is 25.1. The second-order valence-electron chi connectivity index (χ2n) is 10.6. The Hall–Kier alpha value is -1.95. The number of carbonyl (C=O) groups excluding carboxylic acids is 2. The second-order valence-corrected chi connectivity index (χ2v) is 12.0. The van der Waals surface area contributed by atoms with Crippen LogP contribution in [0.4, 0.5) is 4.79 Å². The lowest BCUT2D eigenvalue weighted by atomic mass is 9.86. The molecular formula is C30H46N2O3S. The van der Waals surface area contributed by atoms with Crippen LogP contribution >= 0.6 is 11.8 Å². The highest BCUT2D eigenvalue weighted by Gasteiger charge is 2.36. The fourth-order valence-electron chi connectivity index (χ4n) is 5.65. The van der Waals surface area contributed by atoms with Crippen LogP contribution in [0, 0.1) is 11.8 Å². The van der Waals surface area contributed by atoms with Crippen LogP contribution in [0.5, 0.6) is 0 Å². The number of rotatable bonds is 9. The first kappa shape index (κ1) is 28.6. The monoisotopic (exact) mass is 514 g/mol. The summed E-state index contributed by atoms with van der Waals surface area (Å²) in [6.45, 7) is 8.79. The molecule has 1 saturated heterocycles. The molecule has 3 aliphatic rings. The second kappa shape index (κ2) is 16.0. The van der Waals surface area contributed by atoms with E-state index in [1.54, 1.807) is 6.08 Å². The number of imide groups is 1.